The Morgan fingerprint density at radius 1 is 0.964 bits per heavy atom. The van der Waals surface area contributed by atoms with E-state index in [1.807, 2.05) is 19.1 Å². The lowest BCUT2D eigenvalue weighted by Crippen LogP contribution is -2.33. The van der Waals surface area contributed by atoms with Crippen LogP contribution in [0.1, 0.15) is 36.5 Å². The van der Waals surface area contributed by atoms with Crippen LogP contribution in [0.5, 0.6) is 5.75 Å². The maximum absolute atomic E-state index is 12.2. The van der Waals surface area contributed by atoms with E-state index in [4.69, 9.17) is 4.74 Å². The van der Waals surface area contributed by atoms with Crippen LogP contribution >= 0.6 is 15.9 Å². The molecule has 2 aromatic rings. The monoisotopic (exact) mass is 446 g/mol. The molecule has 7 heteroatoms. The zero-order chi connectivity index (χ0) is 20.4. The van der Waals surface area contributed by atoms with Crippen molar-refractivity contribution in [1.82, 2.24) is 5.32 Å². The second kappa shape index (κ2) is 11.2. The number of benzene rings is 2. The van der Waals surface area contributed by atoms with Gasteiger partial charge in [0.05, 0.1) is 18.8 Å². The molecule has 0 atom stereocenters. The summed E-state index contributed by atoms with van der Waals surface area (Å²) in [6, 6.07) is 14.1. The third kappa shape index (κ3) is 7.15. The molecule has 0 saturated carbocycles. The highest BCUT2D eigenvalue weighted by Gasteiger charge is 2.11. The van der Waals surface area contributed by atoms with Crippen molar-refractivity contribution in [3.63, 3.8) is 0 Å². The fourth-order valence-electron chi connectivity index (χ4n) is 2.35. The predicted octanol–water partition coefficient (Wildman–Crippen LogP) is 3.96. The van der Waals surface area contributed by atoms with Crippen LogP contribution < -0.4 is 15.4 Å². The fraction of sp³-hybridized carbons (Fsp3) is 0.286. The molecule has 0 heterocycles. The van der Waals surface area contributed by atoms with Crippen LogP contribution in [0.2, 0.25) is 0 Å². The lowest BCUT2D eigenvalue weighted by molar-refractivity contribution is -0.124. The predicted molar refractivity (Wildman–Crippen MR) is 112 cm³/mol. The van der Waals surface area contributed by atoms with E-state index in [9.17, 15) is 14.4 Å². The van der Waals surface area contributed by atoms with Crippen molar-refractivity contribution in [2.24, 2.45) is 0 Å². The minimum atomic E-state index is -0.349. The molecule has 0 spiro atoms. The Morgan fingerprint density at radius 3 is 2.36 bits per heavy atom. The standard InChI is InChI=1S/C21H23BrN2O4/c1-2-13-28-16-9-7-15(8-10-16)19(25)11-12-20(26)23-14-21(27)24-18-6-4-3-5-17(18)22/h3-10H,2,11-14H2,1H3,(H,23,26)(H,24,27). The van der Waals surface area contributed by atoms with Crippen LogP contribution in [0.3, 0.4) is 0 Å². The number of hydrogen-bond acceptors (Lipinski definition) is 4. The van der Waals surface area contributed by atoms with Gasteiger partial charge in [-0.25, -0.2) is 0 Å². The molecule has 0 unspecified atom stereocenters. The Labute approximate surface area is 172 Å². The van der Waals surface area contributed by atoms with Crippen molar-refractivity contribution in [3.05, 3.63) is 58.6 Å². The van der Waals surface area contributed by atoms with E-state index in [2.05, 4.69) is 26.6 Å². The Bertz CT molecular complexity index is 821. The summed E-state index contributed by atoms with van der Waals surface area (Å²) in [6.45, 7) is 2.49. The third-order valence-corrected chi connectivity index (χ3v) is 4.51. The van der Waals surface area contributed by atoms with Crippen molar-refractivity contribution in [1.29, 1.82) is 0 Å². The summed E-state index contributed by atoms with van der Waals surface area (Å²) >= 11 is 3.34. The fourth-order valence-corrected chi connectivity index (χ4v) is 2.74. The summed E-state index contributed by atoms with van der Waals surface area (Å²) in [6.07, 6.45) is 1.01. The quantitative estimate of drug-likeness (QED) is 0.541. The van der Waals surface area contributed by atoms with Gasteiger partial charge in [-0.1, -0.05) is 19.1 Å². The maximum atomic E-state index is 12.2. The van der Waals surface area contributed by atoms with E-state index in [-0.39, 0.29) is 37.0 Å². The smallest absolute Gasteiger partial charge is 0.243 e. The van der Waals surface area contributed by atoms with Crippen molar-refractivity contribution in [2.45, 2.75) is 26.2 Å². The first kappa shape index (κ1) is 21.6. The lowest BCUT2D eigenvalue weighted by Gasteiger charge is -2.08. The average Bonchev–Trinajstić information content (AvgIpc) is 2.71. The van der Waals surface area contributed by atoms with E-state index >= 15 is 0 Å². The summed E-state index contributed by atoms with van der Waals surface area (Å²) in [4.78, 5) is 36.0. The van der Waals surface area contributed by atoms with Crippen molar-refractivity contribution in [3.8, 4) is 5.75 Å². The molecule has 2 amide bonds. The Hall–Kier alpha value is -2.67. The number of amides is 2. The number of Topliss-reactive ketones (excluding diaryl/α,β-unsaturated/α-hetero) is 1. The first-order valence-electron chi connectivity index (χ1n) is 9.06. The number of rotatable bonds is 10. The number of ether oxygens (including phenoxy) is 1. The number of halogens is 1. The van der Waals surface area contributed by atoms with Gasteiger partial charge in [-0.3, -0.25) is 14.4 Å². The molecular weight excluding hydrogens is 424 g/mol. The van der Waals surface area contributed by atoms with Gasteiger partial charge in [0.1, 0.15) is 5.75 Å². The van der Waals surface area contributed by atoms with Crippen LogP contribution in [0.15, 0.2) is 53.0 Å². The number of hydrogen-bond donors (Lipinski definition) is 2. The van der Waals surface area contributed by atoms with Gasteiger partial charge in [-0.15, -0.1) is 0 Å². The maximum Gasteiger partial charge on any atom is 0.243 e. The van der Waals surface area contributed by atoms with Crippen molar-refractivity contribution < 1.29 is 19.1 Å². The van der Waals surface area contributed by atoms with Crippen LogP contribution in [-0.4, -0.2) is 30.7 Å². The first-order chi connectivity index (χ1) is 13.5. The molecule has 0 bridgehead atoms. The van der Waals surface area contributed by atoms with Crippen LogP contribution in [0, 0.1) is 0 Å². The van der Waals surface area contributed by atoms with Gasteiger partial charge in [0.15, 0.2) is 5.78 Å². The molecule has 6 nitrogen and oxygen atoms in total. The molecule has 0 saturated heterocycles. The zero-order valence-corrected chi connectivity index (χ0v) is 17.3. The number of nitrogens with one attached hydrogen (secondary N) is 2. The van der Waals surface area contributed by atoms with Gasteiger partial charge >= 0.3 is 0 Å². The molecule has 2 aromatic carbocycles. The second-order valence-electron chi connectivity index (χ2n) is 6.10. The molecule has 148 valence electrons. The van der Waals surface area contributed by atoms with Gasteiger partial charge in [-0.05, 0) is 58.7 Å². The minimum absolute atomic E-state index is 0.0230. The normalized spacial score (nSPS) is 10.2. The largest absolute Gasteiger partial charge is 0.494 e. The van der Waals surface area contributed by atoms with Gasteiger partial charge < -0.3 is 15.4 Å². The zero-order valence-electron chi connectivity index (χ0n) is 15.7. The van der Waals surface area contributed by atoms with E-state index < -0.39 is 0 Å². The second-order valence-corrected chi connectivity index (χ2v) is 6.96. The summed E-state index contributed by atoms with van der Waals surface area (Å²) < 4.78 is 6.23. The molecule has 0 aliphatic heterocycles. The van der Waals surface area contributed by atoms with Gasteiger partial charge in [0, 0.05) is 22.9 Å². The highest BCUT2D eigenvalue weighted by molar-refractivity contribution is 9.10. The summed E-state index contributed by atoms with van der Waals surface area (Å²) in [5, 5.41) is 5.22. The average molecular weight is 447 g/mol. The molecule has 2 N–H and O–H groups in total. The number of carbonyl (C=O) groups excluding carboxylic acids is 3. The molecular formula is C21H23BrN2O4. The highest BCUT2D eigenvalue weighted by atomic mass is 79.9. The van der Waals surface area contributed by atoms with Gasteiger partial charge in [0.2, 0.25) is 11.8 Å². The number of ketones is 1. The van der Waals surface area contributed by atoms with Crippen LogP contribution in [0.4, 0.5) is 5.69 Å². The Kier molecular flexibility index (Phi) is 8.68. The Morgan fingerprint density at radius 2 is 1.68 bits per heavy atom. The van der Waals surface area contributed by atoms with E-state index in [0.29, 0.717) is 23.6 Å². The highest BCUT2D eigenvalue weighted by Crippen LogP contribution is 2.20. The van der Waals surface area contributed by atoms with Crippen LogP contribution in [-0.2, 0) is 9.59 Å². The van der Waals surface area contributed by atoms with Crippen molar-refractivity contribution in [2.75, 3.05) is 18.5 Å². The number of carbonyl (C=O) groups is 3. The van der Waals surface area contributed by atoms with E-state index in [0.717, 1.165) is 10.9 Å². The molecule has 0 aromatic heterocycles. The van der Waals surface area contributed by atoms with Gasteiger partial charge in [-0.2, -0.15) is 0 Å². The van der Waals surface area contributed by atoms with E-state index in [1.54, 1.807) is 36.4 Å². The number of anilines is 1. The molecule has 0 aliphatic carbocycles. The SMILES string of the molecule is CCCOc1ccc(C(=O)CCC(=O)NCC(=O)Nc2ccccc2Br)cc1. The van der Waals surface area contributed by atoms with E-state index in [1.165, 1.54) is 0 Å². The molecule has 28 heavy (non-hydrogen) atoms. The van der Waals surface area contributed by atoms with Crippen molar-refractivity contribution >= 4 is 39.2 Å². The Balaban J connectivity index is 1.72. The van der Waals surface area contributed by atoms with Gasteiger partial charge in [0.25, 0.3) is 0 Å². The topological polar surface area (TPSA) is 84.5 Å². The van der Waals surface area contributed by atoms with Crippen LogP contribution in [0.25, 0.3) is 0 Å². The first-order valence-corrected chi connectivity index (χ1v) is 9.86. The summed E-state index contributed by atoms with van der Waals surface area (Å²) in [5.74, 6) is -0.102. The molecule has 0 radical (unpaired) electrons. The molecule has 2 rings (SSSR count). The molecule has 0 fully saturated rings. The third-order valence-electron chi connectivity index (χ3n) is 3.82. The molecule has 0 aliphatic rings. The summed E-state index contributed by atoms with van der Waals surface area (Å²) in [5.41, 5.74) is 1.16. The summed E-state index contributed by atoms with van der Waals surface area (Å²) in [7, 11) is 0. The minimum Gasteiger partial charge on any atom is -0.494 e. The lowest BCUT2D eigenvalue weighted by atomic mass is 10.1. The number of para-hydroxylation sites is 1.